The Bertz CT molecular complexity index is 493. The van der Waals surface area contributed by atoms with E-state index < -0.39 is 0 Å². The molecule has 1 aromatic rings. The fourth-order valence-corrected chi connectivity index (χ4v) is 2.64. The number of amides is 1. The molecule has 0 aliphatic carbocycles. The molecule has 1 amide bonds. The van der Waals surface area contributed by atoms with E-state index in [1.54, 1.807) is 4.90 Å². The summed E-state index contributed by atoms with van der Waals surface area (Å²) in [5.74, 6) is 0.000556. The van der Waals surface area contributed by atoms with Crippen LogP contribution in [0.5, 0.6) is 0 Å². The third kappa shape index (κ3) is 4.42. The molecule has 2 rings (SSSR count). The molecule has 1 aliphatic rings. The molecule has 22 heavy (non-hydrogen) atoms. The highest BCUT2D eigenvalue weighted by Gasteiger charge is 2.24. The minimum absolute atomic E-state index is 0.000556. The van der Waals surface area contributed by atoms with Crippen molar-refractivity contribution in [1.29, 1.82) is 0 Å². The zero-order valence-corrected chi connectivity index (χ0v) is 13.6. The first-order valence-corrected chi connectivity index (χ1v) is 7.89. The second-order valence-electron chi connectivity index (χ2n) is 5.90. The van der Waals surface area contributed by atoms with Crippen LogP contribution in [0, 0.1) is 0 Å². The van der Waals surface area contributed by atoms with E-state index in [1.165, 1.54) is 0 Å². The normalized spacial score (nSPS) is 17.5. The van der Waals surface area contributed by atoms with Gasteiger partial charge in [0.1, 0.15) is 0 Å². The van der Waals surface area contributed by atoms with Gasteiger partial charge in [-0.1, -0.05) is 36.9 Å². The molecule has 0 spiro atoms. The molecule has 1 unspecified atom stereocenters. The Morgan fingerprint density at radius 3 is 2.82 bits per heavy atom. The molecule has 0 aromatic heterocycles. The highest BCUT2D eigenvalue weighted by atomic mass is 16.5. The summed E-state index contributed by atoms with van der Waals surface area (Å²) in [5, 5.41) is 0. The van der Waals surface area contributed by atoms with Crippen LogP contribution in [0.1, 0.15) is 25.3 Å². The van der Waals surface area contributed by atoms with E-state index >= 15 is 0 Å². The fraction of sp³-hybridized carbons (Fsp3) is 0.500. The molecule has 4 heteroatoms. The van der Waals surface area contributed by atoms with Crippen molar-refractivity contribution < 1.29 is 9.53 Å². The van der Waals surface area contributed by atoms with Crippen molar-refractivity contribution in [2.45, 2.75) is 32.4 Å². The van der Waals surface area contributed by atoms with Crippen molar-refractivity contribution in [2.75, 3.05) is 26.9 Å². The Morgan fingerprint density at radius 1 is 1.36 bits per heavy atom. The maximum Gasteiger partial charge on any atom is 0.250 e. The van der Waals surface area contributed by atoms with Crippen LogP contribution < -0.4 is 0 Å². The quantitative estimate of drug-likeness (QED) is 0.784. The van der Waals surface area contributed by atoms with Gasteiger partial charge in [0.05, 0.1) is 6.73 Å². The van der Waals surface area contributed by atoms with Gasteiger partial charge in [0.2, 0.25) is 0 Å². The highest BCUT2D eigenvalue weighted by molar-refractivity contribution is 5.93. The number of ether oxygens (including phenoxy) is 1. The summed E-state index contributed by atoms with van der Waals surface area (Å²) >= 11 is 0. The first-order valence-electron chi connectivity index (χ1n) is 7.89. The minimum atomic E-state index is 0.000556. The van der Waals surface area contributed by atoms with E-state index in [9.17, 15) is 4.79 Å². The zero-order chi connectivity index (χ0) is 15.9. The molecule has 0 radical (unpaired) electrons. The molecule has 1 fully saturated rings. The topological polar surface area (TPSA) is 32.8 Å². The third-order valence-corrected chi connectivity index (χ3v) is 4.18. The largest absolute Gasteiger partial charge is 0.366 e. The molecule has 0 N–H and O–H groups in total. The van der Waals surface area contributed by atoms with Crippen molar-refractivity contribution in [2.24, 2.45) is 0 Å². The van der Waals surface area contributed by atoms with Gasteiger partial charge >= 0.3 is 0 Å². The van der Waals surface area contributed by atoms with Crippen LogP contribution in [0.15, 0.2) is 42.5 Å². The van der Waals surface area contributed by atoms with Crippen LogP contribution >= 0.6 is 0 Å². The molecule has 0 saturated carbocycles. The van der Waals surface area contributed by atoms with E-state index in [2.05, 4.69) is 11.5 Å². The van der Waals surface area contributed by atoms with Gasteiger partial charge in [0, 0.05) is 38.4 Å². The first kappa shape index (κ1) is 16.7. The van der Waals surface area contributed by atoms with Gasteiger partial charge in [-0.15, -0.1) is 0 Å². The van der Waals surface area contributed by atoms with E-state index in [-0.39, 0.29) is 11.9 Å². The predicted molar refractivity (Wildman–Crippen MR) is 88.3 cm³/mol. The monoisotopic (exact) mass is 302 g/mol. The molecule has 1 atom stereocenters. The standard InChI is InChI=1S/C18H26N2O2/c1-15(16(2)20-11-7-8-12-22-14-20)18(21)19(3)13-17-9-5-4-6-10-17/h4-6,9-10,16H,1,7-8,11-14H2,2-3H3. The Morgan fingerprint density at radius 2 is 2.09 bits per heavy atom. The fourth-order valence-electron chi connectivity index (χ4n) is 2.64. The van der Waals surface area contributed by atoms with Gasteiger partial charge in [-0.05, 0) is 25.3 Å². The molecule has 1 heterocycles. The van der Waals surface area contributed by atoms with Crippen molar-refractivity contribution in [3.63, 3.8) is 0 Å². The number of hydrogen-bond acceptors (Lipinski definition) is 3. The number of rotatable bonds is 5. The summed E-state index contributed by atoms with van der Waals surface area (Å²) in [4.78, 5) is 16.5. The summed E-state index contributed by atoms with van der Waals surface area (Å²) in [6.45, 7) is 9.00. The van der Waals surface area contributed by atoms with Crippen LogP contribution in [0.25, 0.3) is 0 Å². The lowest BCUT2D eigenvalue weighted by Gasteiger charge is -2.29. The molecule has 120 valence electrons. The molecule has 1 saturated heterocycles. The van der Waals surface area contributed by atoms with Gasteiger partial charge in [0.25, 0.3) is 5.91 Å². The SMILES string of the molecule is C=C(C(=O)N(C)Cc1ccccc1)C(C)N1CCCCOC1. The first-order chi connectivity index (χ1) is 10.6. The summed E-state index contributed by atoms with van der Waals surface area (Å²) in [6, 6.07) is 10.0. The van der Waals surface area contributed by atoms with Crippen LogP contribution in [0.4, 0.5) is 0 Å². The zero-order valence-electron chi connectivity index (χ0n) is 13.6. The highest BCUT2D eigenvalue weighted by Crippen LogP contribution is 2.16. The lowest BCUT2D eigenvalue weighted by Crippen LogP contribution is -2.40. The summed E-state index contributed by atoms with van der Waals surface area (Å²) in [5.41, 5.74) is 1.75. The maximum absolute atomic E-state index is 12.6. The lowest BCUT2D eigenvalue weighted by atomic mass is 10.1. The summed E-state index contributed by atoms with van der Waals surface area (Å²) < 4.78 is 5.57. The number of carbonyl (C=O) groups excluding carboxylic acids is 1. The van der Waals surface area contributed by atoms with Gasteiger partial charge < -0.3 is 9.64 Å². The second-order valence-corrected chi connectivity index (χ2v) is 5.90. The number of likely N-dealkylation sites (N-methyl/N-ethyl adjacent to an activating group) is 1. The molecular weight excluding hydrogens is 276 g/mol. The van der Waals surface area contributed by atoms with E-state index in [1.807, 2.05) is 44.3 Å². The van der Waals surface area contributed by atoms with Crippen molar-refractivity contribution in [3.8, 4) is 0 Å². The molecule has 0 bridgehead atoms. The Hall–Kier alpha value is -1.65. The minimum Gasteiger partial charge on any atom is -0.366 e. The summed E-state index contributed by atoms with van der Waals surface area (Å²) in [6.07, 6.45) is 2.18. The number of nitrogens with zero attached hydrogens (tertiary/aromatic N) is 2. The molecule has 4 nitrogen and oxygen atoms in total. The summed E-state index contributed by atoms with van der Waals surface area (Å²) in [7, 11) is 1.83. The molecule has 1 aliphatic heterocycles. The van der Waals surface area contributed by atoms with Gasteiger partial charge in [0.15, 0.2) is 0 Å². The Balaban J connectivity index is 1.93. The average molecular weight is 302 g/mol. The van der Waals surface area contributed by atoms with E-state index in [0.717, 1.165) is 31.6 Å². The number of benzene rings is 1. The van der Waals surface area contributed by atoms with Crippen LogP contribution in [-0.4, -0.2) is 48.7 Å². The Kier molecular flexibility index (Phi) is 6.16. The van der Waals surface area contributed by atoms with Gasteiger partial charge in [-0.25, -0.2) is 0 Å². The van der Waals surface area contributed by atoms with E-state index in [4.69, 9.17) is 4.74 Å². The third-order valence-electron chi connectivity index (χ3n) is 4.18. The van der Waals surface area contributed by atoms with Gasteiger partial charge in [-0.3, -0.25) is 9.69 Å². The Labute approximate surface area is 133 Å². The average Bonchev–Trinajstić information content (AvgIpc) is 2.83. The smallest absolute Gasteiger partial charge is 0.250 e. The number of hydrogen-bond donors (Lipinski definition) is 0. The van der Waals surface area contributed by atoms with E-state index in [0.29, 0.717) is 18.8 Å². The van der Waals surface area contributed by atoms with Gasteiger partial charge in [-0.2, -0.15) is 0 Å². The molecular formula is C18H26N2O2. The second kappa shape index (κ2) is 8.11. The van der Waals surface area contributed by atoms with Crippen LogP contribution in [0.2, 0.25) is 0 Å². The van der Waals surface area contributed by atoms with Crippen molar-refractivity contribution >= 4 is 5.91 Å². The van der Waals surface area contributed by atoms with Crippen molar-refractivity contribution in [1.82, 2.24) is 9.80 Å². The lowest BCUT2D eigenvalue weighted by molar-refractivity contribution is -0.127. The van der Waals surface area contributed by atoms with Crippen LogP contribution in [0.3, 0.4) is 0 Å². The molecule has 1 aromatic carbocycles. The maximum atomic E-state index is 12.6. The predicted octanol–water partition coefficient (Wildman–Crippen LogP) is 2.66. The van der Waals surface area contributed by atoms with Crippen LogP contribution in [-0.2, 0) is 16.1 Å². The van der Waals surface area contributed by atoms with Crippen molar-refractivity contribution in [3.05, 3.63) is 48.0 Å². The number of carbonyl (C=O) groups is 1.